The first kappa shape index (κ1) is 11.9. The van der Waals surface area contributed by atoms with Crippen LogP contribution >= 0.6 is 31.9 Å². The standard InChI is InChI=1S/C11H12Br2O/c1-2-8-3-4-10(13)5-9(8)6-11(14)7-12/h3-5H,2,6-7H2,1H3. The third kappa shape index (κ3) is 3.21. The lowest BCUT2D eigenvalue weighted by Crippen LogP contribution is -2.05. The molecular formula is C11H12Br2O. The van der Waals surface area contributed by atoms with Crippen LogP contribution in [0.15, 0.2) is 22.7 Å². The van der Waals surface area contributed by atoms with E-state index in [4.69, 9.17) is 0 Å². The molecule has 0 aliphatic carbocycles. The van der Waals surface area contributed by atoms with Crippen molar-refractivity contribution in [1.29, 1.82) is 0 Å². The Morgan fingerprint density at radius 1 is 1.36 bits per heavy atom. The van der Waals surface area contributed by atoms with E-state index in [-0.39, 0.29) is 5.78 Å². The summed E-state index contributed by atoms with van der Waals surface area (Å²) in [4.78, 5) is 11.3. The Kier molecular flexibility index (Phi) is 4.82. The number of benzene rings is 1. The first-order chi connectivity index (χ1) is 6.67. The van der Waals surface area contributed by atoms with Crippen molar-refractivity contribution in [3.8, 4) is 0 Å². The van der Waals surface area contributed by atoms with Crippen LogP contribution in [0.4, 0.5) is 0 Å². The predicted octanol–water partition coefficient (Wildman–Crippen LogP) is 3.52. The number of carbonyl (C=O) groups excluding carboxylic acids is 1. The van der Waals surface area contributed by atoms with Gasteiger partial charge in [0, 0.05) is 10.9 Å². The Labute approximate surface area is 101 Å². The fourth-order valence-corrected chi connectivity index (χ4v) is 1.97. The number of carbonyl (C=O) groups is 1. The highest BCUT2D eigenvalue weighted by molar-refractivity contribution is 9.10. The van der Waals surface area contributed by atoms with Crippen molar-refractivity contribution in [3.63, 3.8) is 0 Å². The second-order valence-corrected chi connectivity index (χ2v) is 4.59. The van der Waals surface area contributed by atoms with Gasteiger partial charge in [0.15, 0.2) is 0 Å². The molecular weight excluding hydrogens is 308 g/mol. The fourth-order valence-electron chi connectivity index (χ4n) is 1.36. The molecule has 3 heteroatoms. The van der Waals surface area contributed by atoms with Gasteiger partial charge < -0.3 is 0 Å². The van der Waals surface area contributed by atoms with Crippen LogP contribution in [0.3, 0.4) is 0 Å². The van der Waals surface area contributed by atoms with Gasteiger partial charge in [0.05, 0.1) is 5.33 Å². The van der Waals surface area contributed by atoms with Crippen molar-refractivity contribution in [1.82, 2.24) is 0 Å². The molecule has 0 saturated heterocycles. The van der Waals surface area contributed by atoms with Gasteiger partial charge in [-0.15, -0.1) is 0 Å². The van der Waals surface area contributed by atoms with Crippen molar-refractivity contribution >= 4 is 37.6 Å². The van der Waals surface area contributed by atoms with Gasteiger partial charge in [-0.1, -0.05) is 44.8 Å². The minimum atomic E-state index is 0.220. The zero-order chi connectivity index (χ0) is 10.6. The van der Waals surface area contributed by atoms with E-state index < -0.39 is 0 Å². The summed E-state index contributed by atoms with van der Waals surface area (Å²) in [5.74, 6) is 0.220. The molecule has 1 aromatic rings. The summed E-state index contributed by atoms with van der Waals surface area (Å²) in [5, 5.41) is 0.433. The van der Waals surface area contributed by atoms with Gasteiger partial charge in [0.2, 0.25) is 0 Å². The van der Waals surface area contributed by atoms with Crippen molar-refractivity contribution in [3.05, 3.63) is 33.8 Å². The summed E-state index contributed by atoms with van der Waals surface area (Å²) in [6.45, 7) is 2.10. The monoisotopic (exact) mass is 318 g/mol. The summed E-state index contributed by atoms with van der Waals surface area (Å²) in [6, 6.07) is 6.11. The smallest absolute Gasteiger partial charge is 0.147 e. The van der Waals surface area contributed by atoms with Crippen molar-refractivity contribution < 1.29 is 4.79 Å². The lowest BCUT2D eigenvalue weighted by Gasteiger charge is -2.06. The lowest BCUT2D eigenvalue weighted by atomic mass is 10.0. The number of hydrogen-bond donors (Lipinski definition) is 0. The number of alkyl halides is 1. The Hall–Kier alpha value is -0.150. The molecule has 76 valence electrons. The topological polar surface area (TPSA) is 17.1 Å². The van der Waals surface area contributed by atoms with Crippen molar-refractivity contribution in [2.24, 2.45) is 0 Å². The highest BCUT2D eigenvalue weighted by Gasteiger charge is 2.06. The second-order valence-electron chi connectivity index (χ2n) is 3.12. The highest BCUT2D eigenvalue weighted by atomic mass is 79.9. The Bertz CT molecular complexity index is 334. The van der Waals surface area contributed by atoms with Crippen LogP contribution in [-0.4, -0.2) is 11.1 Å². The maximum atomic E-state index is 11.3. The van der Waals surface area contributed by atoms with E-state index in [1.54, 1.807) is 0 Å². The van der Waals surface area contributed by atoms with Crippen LogP contribution in [0.1, 0.15) is 18.1 Å². The molecule has 1 nitrogen and oxygen atoms in total. The lowest BCUT2D eigenvalue weighted by molar-refractivity contribution is -0.115. The predicted molar refractivity (Wildman–Crippen MR) is 66.0 cm³/mol. The Morgan fingerprint density at radius 3 is 2.64 bits per heavy atom. The average Bonchev–Trinajstić information content (AvgIpc) is 2.18. The quantitative estimate of drug-likeness (QED) is 0.776. The molecule has 0 fully saturated rings. The van der Waals surface area contributed by atoms with E-state index in [1.165, 1.54) is 5.56 Å². The molecule has 1 rings (SSSR count). The molecule has 0 bridgehead atoms. The van der Waals surface area contributed by atoms with Crippen LogP contribution in [0.25, 0.3) is 0 Å². The van der Waals surface area contributed by atoms with E-state index in [2.05, 4.69) is 44.8 Å². The summed E-state index contributed by atoms with van der Waals surface area (Å²) < 4.78 is 1.03. The number of halogens is 2. The molecule has 0 aromatic heterocycles. The molecule has 0 aliphatic rings. The van der Waals surface area contributed by atoms with Gasteiger partial charge in [-0.3, -0.25) is 4.79 Å². The Morgan fingerprint density at radius 2 is 2.07 bits per heavy atom. The fraction of sp³-hybridized carbons (Fsp3) is 0.364. The first-order valence-corrected chi connectivity index (χ1v) is 6.43. The third-order valence-corrected chi connectivity index (χ3v) is 3.20. The summed E-state index contributed by atoms with van der Waals surface area (Å²) in [6.07, 6.45) is 1.49. The van der Waals surface area contributed by atoms with Crippen LogP contribution < -0.4 is 0 Å². The molecule has 0 saturated carbocycles. The average molecular weight is 320 g/mol. The molecule has 0 N–H and O–H groups in total. The summed E-state index contributed by atoms with van der Waals surface area (Å²) in [7, 11) is 0. The molecule has 0 heterocycles. The molecule has 0 amide bonds. The number of rotatable bonds is 4. The third-order valence-electron chi connectivity index (χ3n) is 2.09. The van der Waals surface area contributed by atoms with E-state index in [1.807, 2.05) is 12.1 Å². The van der Waals surface area contributed by atoms with Gasteiger partial charge in [-0.2, -0.15) is 0 Å². The van der Waals surface area contributed by atoms with Crippen molar-refractivity contribution in [2.45, 2.75) is 19.8 Å². The van der Waals surface area contributed by atoms with E-state index in [0.29, 0.717) is 11.8 Å². The van der Waals surface area contributed by atoms with Gasteiger partial charge >= 0.3 is 0 Å². The van der Waals surface area contributed by atoms with Gasteiger partial charge in [-0.05, 0) is 29.7 Å². The first-order valence-electron chi connectivity index (χ1n) is 4.52. The van der Waals surface area contributed by atoms with Gasteiger partial charge in [0.1, 0.15) is 5.78 Å². The van der Waals surface area contributed by atoms with E-state index >= 15 is 0 Å². The van der Waals surface area contributed by atoms with Crippen LogP contribution in [0.5, 0.6) is 0 Å². The van der Waals surface area contributed by atoms with Gasteiger partial charge in [-0.25, -0.2) is 0 Å². The largest absolute Gasteiger partial charge is 0.298 e. The Balaban J connectivity index is 2.93. The van der Waals surface area contributed by atoms with E-state index in [9.17, 15) is 4.79 Å². The maximum Gasteiger partial charge on any atom is 0.147 e. The number of aryl methyl sites for hydroxylation is 1. The molecule has 0 atom stereocenters. The normalized spacial score (nSPS) is 10.2. The van der Waals surface area contributed by atoms with Gasteiger partial charge in [0.25, 0.3) is 0 Å². The van der Waals surface area contributed by atoms with Crippen LogP contribution in [0, 0.1) is 0 Å². The highest BCUT2D eigenvalue weighted by Crippen LogP contribution is 2.18. The van der Waals surface area contributed by atoms with Crippen LogP contribution in [0.2, 0.25) is 0 Å². The number of ketones is 1. The molecule has 14 heavy (non-hydrogen) atoms. The van der Waals surface area contributed by atoms with Crippen LogP contribution in [-0.2, 0) is 17.6 Å². The number of hydrogen-bond acceptors (Lipinski definition) is 1. The SMILES string of the molecule is CCc1ccc(Br)cc1CC(=O)CBr. The molecule has 0 unspecified atom stereocenters. The molecule has 0 radical (unpaired) electrons. The molecule has 0 aliphatic heterocycles. The second kappa shape index (κ2) is 5.66. The zero-order valence-corrected chi connectivity index (χ0v) is 11.2. The van der Waals surface area contributed by atoms with Crippen molar-refractivity contribution in [2.75, 3.05) is 5.33 Å². The minimum absolute atomic E-state index is 0.220. The maximum absolute atomic E-state index is 11.3. The van der Waals surface area contributed by atoms with E-state index in [0.717, 1.165) is 16.5 Å². The summed E-state index contributed by atoms with van der Waals surface area (Å²) in [5.41, 5.74) is 2.38. The zero-order valence-electron chi connectivity index (χ0n) is 8.02. The summed E-state index contributed by atoms with van der Waals surface area (Å²) >= 11 is 6.59. The molecule has 0 spiro atoms. The minimum Gasteiger partial charge on any atom is -0.298 e. The number of Topliss-reactive ketones (excluding diaryl/α,β-unsaturated/α-hetero) is 1. The molecule has 1 aromatic carbocycles.